The van der Waals surface area contributed by atoms with E-state index in [1.54, 1.807) is 6.20 Å². The van der Waals surface area contributed by atoms with E-state index in [2.05, 4.69) is 22.4 Å². The van der Waals surface area contributed by atoms with Crippen LogP contribution in [0.5, 0.6) is 0 Å². The first-order chi connectivity index (χ1) is 7.68. The zero-order valence-electron chi connectivity index (χ0n) is 9.86. The minimum Gasteiger partial charge on any atom is -0.349 e. The maximum absolute atomic E-state index is 12.0. The summed E-state index contributed by atoms with van der Waals surface area (Å²) in [6.07, 6.45) is 6.97. The highest BCUT2D eigenvalue weighted by Crippen LogP contribution is 2.31. The Kier molecular flexibility index (Phi) is 3.27. The Morgan fingerprint density at radius 3 is 3.00 bits per heavy atom. The lowest BCUT2D eigenvalue weighted by Gasteiger charge is -2.18. The lowest BCUT2D eigenvalue weighted by Crippen LogP contribution is -2.33. The van der Waals surface area contributed by atoms with Gasteiger partial charge in [0.05, 0.1) is 12.2 Å². The summed E-state index contributed by atoms with van der Waals surface area (Å²) in [5.41, 5.74) is 1.03. The fourth-order valence-electron chi connectivity index (χ4n) is 2.44. The number of carbonyl (C=O) groups is 1. The van der Waals surface area contributed by atoms with Crippen LogP contribution in [0.15, 0.2) is 12.4 Å². The summed E-state index contributed by atoms with van der Waals surface area (Å²) < 4.78 is 0. The Morgan fingerprint density at radius 1 is 1.62 bits per heavy atom. The van der Waals surface area contributed by atoms with Crippen LogP contribution in [0.1, 0.15) is 44.7 Å². The molecule has 0 aliphatic heterocycles. The molecule has 3 unspecified atom stereocenters. The predicted octanol–water partition coefficient (Wildman–Crippen LogP) is 2.02. The molecule has 4 nitrogen and oxygen atoms in total. The summed E-state index contributed by atoms with van der Waals surface area (Å²) >= 11 is 0. The second kappa shape index (κ2) is 4.68. The van der Waals surface area contributed by atoms with Crippen LogP contribution in [0.25, 0.3) is 0 Å². The summed E-state index contributed by atoms with van der Waals surface area (Å²) in [6.45, 7) is 4.15. The second-order valence-electron chi connectivity index (χ2n) is 4.78. The van der Waals surface area contributed by atoms with Gasteiger partial charge < -0.3 is 5.32 Å². The molecule has 1 saturated carbocycles. The number of nitrogens with zero attached hydrogens (tertiary/aromatic N) is 1. The van der Waals surface area contributed by atoms with Gasteiger partial charge in [0, 0.05) is 17.7 Å². The molecule has 2 N–H and O–H groups in total. The Hall–Kier alpha value is -1.32. The first kappa shape index (κ1) is 11.2. The number of hydrogen-bond donors (Lipinski definition) is 2. The third-order valence-corrected chi connectivity index (χ3v) is 3.58. The van der Waals surface area contributed by atoms with Crippen LogP contribution in [-0.4, -0.2) is 16.1 Å². The number of H-pyrrole nitrogens is 1. The molecule has 4 heteroatoms. The van der Waals surface area contributed by atoms with Crippen molar-refractivity contribution in [1.29, 1.82) is 0 Å². The van der Waals surface area contributed by atoms with Crippen LogP contribution in [-0.2, 0) is 4.79 Å². The molecule has 0 spiro atoms. The van der Waals surface area contributed by atoms with Gasteiger partial charge in [-0.25, -0.2) is 0 Å². The number of carbonyl (C=O) groups excluding carboxylic acids is 1. The molecule has 3 atom stereocenters. The third kappa shape index (κ3) is 2.26. The normalized spacial score (nSPS) is 26.6. The number of aromatic nitrogens is 2. The molecule has 1 aromatic rings. The van der Waals surface area contributed by atoms with Gasteiger partial charge in [-0.05, 0) is 25.7 Å². The maximum Gasteiger partial charge on any atom is 0.223 e. The minimum atomic E-state index is 0.0408. The zero-order valence-corrected chi connectivity index (χ0v) is 9.86. The lowest BCUT2D eigenvalue weighted by atomic mass is 9.97. The molecule has 1 aromatic heterocycles. The van der Waals surface area contributed by atoms with E-state index in [9.17, 15) is 4.79 Å². The van der Waals surface area contributed by atoms with E-state index in [-0.39, 0.29) is 17.9 Å². The van der Waals surface area contributed by atoms with Crippen molar-refractivity contribution in [2.24, 2.45) is 11.8 Å². The molecular formula is C12H19N3O. The monoisotopic (exact) mass is 221 g/mol. The fraction of sp³-hybridized carbons (Fsp3) is 0.667. The second-order valence-corrected chi connectivity index (χ2v) is 4.78. The molecule has 0 aromatic carbocycles. The van der Waals surface area contributed by atoms with Gasteiger partial charge >= 0.3 is 0 Å². The van der Waals surface area contributed by atoms with Crippen LogP contribution in [0.4, 0.5) is 0 Å². The first-order valence-electron chi connectivity index (χ1n) is 5.97. The first-order valence-corrected chi connectivity index (χ1v) is 5.97. The molecule has 1 aliphatic rings. The van der Waals surface area contributed by atoms with Crippen molar-refractivity contribution in [2.45, 2.75) is 39.2 Å². The van der Waals surface area contributed by atoms with Crippen molar-refractivity contribution in [3.05, 3.63) is 18.0 Å². The summed E-state index contributed by atoms with van der Waals surface area (Å²) in [7, 11) is 0. The number of aromatic amines is 1. The van der Waals surface area contributed by atoms with E-state index in [0.717, 1.165) is 12.0 Å². The van der Waals surface area contributed by atoms with Gasteiger partial charge in [0.15, 0.2) is 0 Å². The topological polar surface area (TPSA) is 57.8 Å². The molecule has 0 bridgehead atoms. The summed E-state index contributed by atoms with van der Waals surface area (Å²) in [6, 6.07) is 0.0408. The van der Waals surface area contributed by atoms with Crippen molar-refractivity contribution < 1.29 is 4.79 Å². The highest BCUT2D eigenvalue weighted by Gasteiger charge is 2.30. The van der Waals surface area contributed by atoms with Crippen molar-refractivity contribution in [1.82, 2.24) is 15.5 Å². The van der Waals surface area contributed by atoms with Gasteiger partial charge in [-0.3, -0.25) is 9.89 Å². The van der Waals surface area contributed by atoms with Gasteiger partial charge in [0.1, 0.15) is 0 Å². The standard InChI is InChI=1S/C12H19N3O/c1-8-4-3-5-11(8)12(16)15-9(2)10-6-13-14-7-10/h6-9,11H,3-5H2,1-2H3,(H,13,14)(H,15,16). The molecular weight excluding hydrogens is 202 g/mol. The molecule has 16 heavy (non-hydrogen) atoms. The van der Waals surface area contributed by atoms with E-state index in [1.165, 1.54) is 12.8 Å². The molecule has 0 saturated heterocycles. The molecule has 0 radical (unpaired) electrons. The van der Waals surface area contributed by atoms with E-state index in [0.29, 0.717) is 5.92 Å². The van der Waals surface area contributed by atoms with E-state index >= 15 is 0 Å². The highest BCUT2D eigenvalue weighted by atomic mass is 16.1. The summed E-state index contributed by atoms with van der Waals surface area (Å²) in [5.74, 6) is 0.921. The van der Waals surface area contributed by atoms with E-state index < -0.39 is 0 Å². The number of hydrogen-bond acceptors (Lipinski definition) is 2. The average molecular weight is 221 g/mol. The Bertz CT molecular complexity index is 347. The SMILES string of the molecule is CC(NC(=O)C1CCCC1C)c1cn[nH]c1. The molecule has 1 amide bonds. The Labute approximate surface area is 95.8 Å². The predicted molar refractivity (Wildman–Crippen MR) is 61.7 cm³/mol. The molecule has 88 valence electrons. The number of amides is 1. The third-order valence-electron chi connectivity index (χ3n) is 3.58. The van der Waals surface area contributed by atoms with Crippen molar-refractivity contribution in [3.63, 3.8) is 0 Å². The van der Waals surface area contributed by atoms with Crippen LogP contribution in [0.2, 0.25) is 0 Å². The molecule has 1 aliphatic carbocycles. The van der Waals surface area contributed by atoms with Crippen LogP contribution in [0, 0.1) is 11.8 Å². The minimum absolute atomic E-state index is 0.0408. The Balaban J connectivity index is 1.92. The van der Waals surface area contributed by atoms with Gasteiger partial charge in [-0.2, -0.15) is 5.10 Å². The fourth-order valence-corrected chi connectivity index (χ4v) is 2.44. The summed E-state index contributed by atoms with van der Waals surface area (Å²) in [4.78, 5) is 12.0. The summed E-state index contributed by atoms with van der Waals surface area (Å²) in [5, 5.41) is 9.70. The van der Waals surface area contributed by atoms with Gasteiger partial charge in [-0.15, -0.1) is 0 Å². The van der Waals surface area contributed by atoms with Crippen LogP contribution in [0.3, 0.4) is 0 Å². The van der Waals surface area contributed by atoms with Crippen molar-refractivity contribution >= 4 is 5.91 Å². The van der Waals surface area contributed by atoms with Crippen molar-refractivity contribution in [2.75, 3.05) is 0 Å². The van der Waals surface area contributed by atoms with E-state index in [4.69, 9.17) is 0 Å². The largest absolute Gasteiger partial charge is 0.349 e. The number of nitrogens with one attached hydrogen (secondary N) is 2. The van der Waals surface area contributed by atoms with Crippen LogP contribution < -0.4 is 5.32 Å². The van der Waals surface area contributed by atoms with E-state index in [1.807, 2.05) is 13.1 Å². The van der Waals surface area contributed by atoms with Crippen molar-refractivity contribution in [3.8, 4) is 0 Å². The molecule has 1 heterocycles. The smallest absolute Gasteiger partial charge is 0.223 e. The zero-order chi connectivity index (χ0) is 11.5. The quantitative estimate of drug-likeness (QED) is 0.820. The van der Waals surface area contributed by atoms with Gasteiger partial charge in [-0.1, -0.05) is 13.3 Å². The maximum atomic E-state index is 12.0. The van der Waals surface area contributed by atoms with Gasteiger partial charge in [0.25, 0.3) is 0 Å². The number of rotatable bonds is 3. The molecule has 1 fully saturated rings. The van der Waals surface area contributed by atoms with Gasteiger partial charge in [0.2, 0.25) is 5.91 Å². The highest BCUT2D eigenvalue weighted by molar-refractivity contribution is 5.79. The average Bonchev–Trinajstić information content (AvgIpc) is 2.86. The lowest BCUT2D eigenvalue weighted by molar-refractivity contribution is -0.126. The van der Waals surface area contributed by atoms with Crippen LogP contribution >= 0.6 is 0 Å². The molecule has 2 rings (SSSR count). The Morgan fingerprint density at radius 2 is 2.44 bits per heavy atom.